The molecule has 1 fully saturated rings. The molecule has 1 aromatic rings. The number of hydrogen-bond donors (Lipinski definition) is 1. The maximum absolute atomic E-state index is 11.3. The lowest BCUT2D eigenvalue weighted by molar-refractivity contribution is 0.101. The second-order valence-electron chi connectivity index (χ2n) is 4.87. The van der Waals surface area contributed by atoms with Crippen LogP contribution in [0.5, 0.6) is 0 Å². The molecule has 2 rings (SSSR count). The highest BCUT2D eigenvalue weighted by molar-refractivity contribution is 5.99. The summed E-state index contributed by atoms with van der Waals surface area (Å²) in [5.41, 5.74) is 8.07. The molecule has 4 nitrogen and oxygen atoms in total. The summed E-state index contributed by atoms with van der Waals surface area (Å²) in [7, 11) is 2.04. The minimum absolute atomic E-state index is 0.000675. The minimum Gasteiger partial charge on any atom is -0.398 e. The molecule has 1 aromatic carbocycles. The number of rotatable bonds is 3. The van der Waals surface area contributed by atoms with Gasteiger partial charge in [-0.15, -0.1) is 0 Å². The smallest absolute Gasteiger partial charge is 0.161 e. The first kappa shape index (κ1) is 12.9. The van der Waals surface area contributed by atoms with Crippen LogP contribution in [-0.4, -0.2) is 31.6 Å². The Hall–Kier alpha value is -1.55. The van der Waals surface area contributed by atoms with Crippen LogP contribution >= 0.6 is 0 Å². The molecule has 1 aliphatic heterocycles. The molecule has 0 radical (unpaired) electrons. The van der Waals surface area contributed by atoms with Gasteiger partial charge in [0.1, 0.15) is 0 Å². The number of benzene rings is 1. The number of hydrogen-bond acceptors (Lipinski definition) is 4. The minimum atomic E-state index is -0.000675. The van der Waals surface area contributed by atoms with Gasteiger partial charge in [-0.25, -0.2) is 0 Å². The zero-order chi connectivity index (χ0) is 13.3. The molecule has 1 aliphatic rings. The van der Waals surface area contributed by atoms with E-state index in [2.05, 4.69) is 11.8 Å². The van der Waals surface area contributed by atoms with Gasteiger partial charge in [-0.3, -0.25) is 4.79 Å². The third-order valence-corrected chi connectivity index (χ3v) is 3.66. The maximum atomic E-state index is 11.3. The summed E-state index contributed by atoms with van der Waals surface area (Å²) in [6.45, 7) is 4.42. The van der Waals surface area contributed by atoms with Crippen molar-refractivity contribution < 1.29 is 9.53 Å². The number of carbonyl (C=O) groups is 1. The molecule has 1 heterocycles. The molecule has 2 N–H and O–H groups in total. The van der Waals surface area contributed by atoms with Crippen LogP contribution in [0.25, 0.3) is 0 Å². The lowest BCUT2D eigenvalue weighted by Gasteiger charge is -2.29. The van der Waals surface area contributed by atoms with Crippen LogP contribution in [0.3, 0.4) is 0 Å². The van der Waals surface area contributed by atoms with Crippen LogP contribution in [0.2, 0.25) is 0 Å². The molecule has 18 heavy (non-hydrogen) atoms. The molecule has 1 saturated heterocycles. The predicted molar refractivity (Wildman–Crippen MR) is 73.1 cm³/mol. The standard InChI is InChI=1S/C14H20N2O2/c1-9(17)12-5-4-11(8-13(12)15)16(3)14-6-7-18-10(14)2/h4-5,8,10,14H,6-7,15H2,1-3H3. The first-order valence-corrected chi connectivity index (χ1v) is 6.25. The fraction of sp³-hybridized carbons (Fsp3) is 0.500. The maximum Gasteiger partial charge on any atom is 0.161 e. The first-order valence-electron chi connectivity index (χ1n) is 6.25. The number of Topliss-reactive ketones (excluding diaryl/α,β-unsaturated/α-hetero) is 1. The van der Waals surface area contributed by atoms with E-state index in [0.717, 1.165) is 18.7 Å². The van der Waals surface area contributed by atoms with Gasteiger partial charge in [0.2, 0.25) is 0 Å². The van der Waals surface area contributed by atoms with Gasteiger partial charge in [-0.1, -0.05) is 0 Å². The van der Waals surface area contributed by atoms with E-state index < -0.39 is 0 Å². The highest BCUT2D eigenvalue weighted by atomic mass is 16.5. The monoisotopic (exact) mass is 248 g/mol. The lowest BCUT2D eigenvalue weighted by Crippen LogP contribution is -2.36. The zero-order valence-electron chi connectivity index (χ0n) is 11.1. The number of ether oxygens (including phenoxy) is 1. The number of nitrogen functional groups attached to an aromatic ring is 1. The summed E-state index contributed by atoms with van der Waals surface area (Å²) in [5.74, 6) is -0.000675. The van der Waals surface area contributed by atoms with E-state index in [1.165, 1.54) is 6.92 Å². The molecule has 0 bridgehead atoms. The summed E-state index contributed by atoms with van der Waals surface area (Å²) in [5, 5.41) is 0. The topological polar surface area (TPSA) is 55.6 Å². The second-order valence-corrected chi connectivity index (χ2v) is 4.87. The van der Waals surface area contributed by atoms with Gasteiger partial charge in [-0.2, -0.15) is 0 Å². The molecule has 2 unspecified atom stereocenters. The Kier molecular flexibility index (Phi) is 3.57. The van der Waals surface area contributed by atoms with Crippen molar-refractivity contribution in [1.29, 1.82) is 0 Å². The molecular weight excluding hydrogens is 228 g/mol. The van der Waals surface area contributed by atoms with Crippen molar-refractivity contribution in [3.8, 4) is 0 Å². The van der Waals surface area contributed by atoms with Crippen LogP contribution < -0.4 is 10.6 Å². The number of carbonyl (C=O) groups excluding carboxylic acids is 1. The molecule has 4 heteroatoms. The summed E-state index contributed by atoms with van der Waals surface area (Å²) in [6.07, 6.45) is 1.25. The summed E-state index contributed by atoms with van der Waals surface area (Å²) in [6, 6.07) is 5.97. The second kappa shape index (κ2) is 4.98. The van der Waals surface area contributed by atoms with Gasteiger partial charge in [-0.05, 0) is 38.5 Å². The quantitative estimate of drug-likeness (QED) is 0.657. The predicted octanol–water partition coefficient (Wildman–Crippen LogP) is 2.08. The SMILES string of the molecule is CC(=O)c1ccc(N(C)C2CCOC2C)cc1N. The summed E-state index contributed by atoms with van der Waals surface area (Å²) in [4.78, 5) is 13.5. The van der Waals surface area contributed by atoms with Crippen LogP contribution in [0.15, 0.2) is 18.2 Å². The zero-order valence-corrected chi connectivity index (χ0v) is 11.1. The Morgan fingerprint density at radius 1 is 1.50 bits per heavy atom. The molecule has 0 spiro atoms. The lowest BCUT2D eigenvalue weighted by atomic mass is 10.1. The number of ketones is 1. The van der Waals surface area contributed by atoms with Crippen LogP contribution in [0, 0.1) is 0 Å². The summed E-state index contributed by atoms with van der Waals surface area (Å²) >= 11 is 0. The van der Waals surface area contributed by atoms with E-state index in [1.54, 1.807) is 6.07 Å². The largest absolute Gasteiger partial charge is 0.398 e. The molecular formula is C14H20N2O2. The van der Waals surface area contributed by atoms with E-state index in [1.807, 2.05) is 19.2 Å². The van der Waals surface area contributed by atoms with Crippen molar-refractivity contribution in [3.63, 3.8) is 0 Å². The molecule has 2 atom stereocenters. The highest BCUT2D eigenvalue weighted by Gasteiger charge is 2.28. The number of nitrogens with zero attached hydrogens (tertiary/aromatic N) is 1. The van der Waals surface area contributed by atoms with Gasteiger partial charge in [0.15, 0.2) is 5.78 Å². The number of anilines is 2. The first-order chi connectivity index (χ1) is 8.50. The highest BCUT2D eigenvalue weighted by Crippen LogP contribution is 2.27. The van der Waals surface area contributed by atoms with E-state index in [9.17, 15) is 4.79 Å². The normalized spacial score (nSPS) is 23.1. The van der Waals surface area contributed by atoms with Crippen molar-refractivity contribution >= 4 is 17.2 Å². The van der Waals surface area contributed by atoms with Gasteiger partial charge in [0.05, 0.1) is 12.1 Å². The van der Waals surface area contributed by atoms with E-state index >= 15 is 0 Å². The van der Waals surface area contributed by atoms with Gasteiger partial charge in [0.25, 0.3) is 0 Å². The van der Waals surface area contributed by atoms with Crippen molar-refractivity contribution in [2.24, 2.45) is 0 Å². The average Bonchev–Trinajstić information content (AvgIpc) is 2.74. The van der Waals surface area contributed by atoms with Gasteiger partial charge < -0.3 is 15.4 Å². The third kappa shape index (κ3) is 2.34. The van der Waals surface area contributed by atoms with Gasteiger partial charge >= 0.3 is 0 Å². The Morgan fingerprint density at radius 2 is 2.22 bits per heavy atom. The molecule has 0 aromatic heterocycles. The van der Waals surface area contributed by atoms with Crippen molar-refractivity contribution in [3.05, 3.63) is 23.8 Å². The Morgan fingerprint density at radius 3 is 2.72 bits per heavy atom. The Balaban J connectivity index is 2.23. The number of nitrogens with two attached hydrogens (primary N) is 1. The van der Waals surface area contributed by atoms with E-state index in [4.69, 9.17) is 10.5 Å². The van der Waals surface area contributed by atoms with Crippen molar-refractivity contribution in [2.45, 2.75) is 32.4 Å². The Labute approximate surface area is 108 Å². The summed E-state index contributed by atoms with van der Waals surface area (Å²) < 4.78 is 5.57. The number of likely N-dealkylation sites (N-methyl/N-ethyl adjacent to an activating group) is 1. The van der Waals surface area contributed by atoms with Crippen LogP contribution in [-0.2, 0) is 4.74 Å². The fourth-order valence-corrected chi connectivity index (χ4v) is 2.51. The molecule has 0 amide bonds. The van der Waals surface area contributed by atoms with E-state index in [-0.39, 0.29) is 11.9 Å². The molecule has 0 aliphatic carbocycles. The van der Waals surface area contributed by atoms with Crippen molar-refractivity contribution in [2.75, 3.05) is 24.3 Å². The third-order valence-electron chi connectivity index (χ3n) is 3.66. The Bertz CT molecular complexity index is 459. The van der Waals surface area contributed by atoms with Crippen molar-refractivity contribution in [1.82, 2.24) is 0 Å². The molecule has 0 saturated carbocycles. The molecule has 98 valence electrons. The van der Waals surface area contributed by atoms with Crippen LogP contribution in [0.1, 0.15) is 30.6 Å². The average molecular weight is 248 g/mol. The van der Waals surface area contributed by atoms with E-state index in [0.29, 0.717) is 17.3 Å². The van der Waals surface area contributed by atoms with Crippen LogP contribution in [0.4, 0.5) is 11.4 Å². The fourth-order valence-electron chi connectivity index (χ4n) is 2.51. The van der Waals surface area contributed by atoms with Gasteiger partial charge in [0, 0.05) is 30.6 Å².